The Kier molecular flexibility index (Phi) is 6.67. The SMILES string of the molecule is O=C(C[C@H]1COc2ccccc2N1Cc1ccccc1)NCCCN1CCCC1. The number of nitrogens with zero attached hydrogens (tertiary/aromatic N) is 2. The lowest BCUT2D eigenvalue weighted by Crippen LogP contribution is -2.45. The number of ether oxygens (including phenoxy) is 1. The highest BCUT2D eigenvalue weighted by molar-refractivity contribution is 5.77. The molecule has 0 saturated carbocycles. The molecular formula is C24H31N3O2. The van der Waals surface area contributed by atoms with Crippen molar-refractivity contribution < 1.29 is 9.53 Å². The summed E-state index contributed by atoms with van der Waals surface area (Å²) in [5, 5.41) is 3.11. The van der Waals surface area contributed by atoms with E-state index in [0.717, 1.165) is 37.5 Å². The third-order valence-corrected chi connectivity index (χ3v) is 5.84. The molecule has 5 nitrogen and oxygen atoms in total. The average molecular weight is 394 g/mol. The number of carbonyl (C=O) groups excluding carboxylic acids is 1. The monoisotopic (exact) mass is 393 g/mol. The van der Waals surface area contributed by atoms with Crippen molar-refractivity contribution in [2.45, 2.75) is 38.3 Å². The standard InChI is InChI=1S/C24H31N3O2/c28-24(25-13-8-16-26-14-6-7-15-26)17-21-19-29-23-12-5-4-11-22(23)27(21)18-20-9-2-1-3-10-20/h1-5,9-12,21H,6-8,13-19H2,(H,25,28)/t21-/m0/s1. The Morgan fingerprint density at radius 1 is 1.03 bits per heavy atom. The summed E-state index contributed by atoms with van der Waals surface area (Å²) in [4.78, 5) is 17.4. The normalized spacial score (nSPS) is 18.9. The zero-order valence-corrected chi connectivity index (χ0v) is 17.1. The molecule has 0 spiro atoms. The predicted molar refractivity (Wildman–Crippen MR) is 116 cm³/mol. The van der Waals surface area contributed by atoms with Crippen LogP contribution in [-0.2, 0) is 11.3 Å². The van der Waals surface area contributed by atoms with Crippen LogP contribution < -0.4 is 15.0 Å². The molecule has 1 atom stereocenters. The molecule has 1 fully saturated rings. The quantitative estimate of drug-likeness (QED) is 0.698. The molecule has 0 radical (unpaired) electrons. The van der Waals surface area contributed by atoms with E-state index in [2.05, 4.69) is 45.4 Å². The van der Waals surface area contributed by atoms with E-state index in [1.54, 1.807) is 0 Å². The summed E-state index contributed by atoms with van der Waals surface area (Å²) < 4.78 is 5.97. The van der Waals surface area contributed by atoms with Gasteiger partial charge in [-0.2, -0.15) is 0 Å². The van der Waals surface area contributed by atoms with Crippen LogP contribution in [-0.4, -0.2) is 49.6 Å². The highest BCUT2D eigenvalue weighted by atomic mass is 16.5. The van der Waals surface area contributed by atoms with Gasteiger partial charge in [-0.1, -0.05) is 42.5 Å². The number of nitrogens with one attached hydrogen (secondary N) is 1. The summed E-state index contributed by atoms with van der Waals surface area (Å²) in [7, 11) is 0. The number of amides is 1. The largest absolute Gasteiger partial charge is 0.489 e. The van der Waals surface area contributed by atoms with Gasteiger partial charge in [-0.05, 0) is 56.6 Å². The van der Waals surface area contributed by atoms with Gasteiger partial charge < -0.3 is 19.9 Å². The van der Waals surface area contributed by atoms with E-state index in [1.165, 1.54) is 31.5 Å². The highest BCUT2D eigenvalue weighted by Crippen LogP contribution is 2.35. The average Bonchev–Trinajstić information content (AvgIpc) is 3.27. The second-order valence-corrected chi connectivity index (χ2v) is 8.00. The lowest BCUT2D eigenvalue weighted by Gasteiger charge is -2.38. The Morgan fingerprint density at radius 2 is 1.79 bits per heavy atom. The summed E-state index contributed by atoms with van der Waals surface area (Å²) in [6, 6.07) is 18.6. The van der Waals surface area contributed by atoms with Crippen molar-refractivity contribution in [2.75, 3.05) is 37.7 Å². The van der Waals surface area contributed by atoms with E-state index in [4.69, 9.17) is 4.74 Å². The van der Waals surface area contributed by atoms with Crippen LogP contribution in [0.25, 0.3) is 0 Å². The maximum atomic E-state index is 12.6. The first-order valence-corrected chi connectivity index (χ1v) is 10.8. The minimum Gasteiger partial charge on any atom is -0.489 e. The summed E-state index contributed by atoms with van der Waals surface area (Å²) in [5.74, 6) is 1.00. The number of likely N-dealkylation sites (tertiary alicyclic amines) is 1. The maximum absolute atomic E-state index is 12.6. The summed E-state index contributed by atoms with van der Waals surface area (Å²) >= 11 is 0. The molecule has 154 valence electrons. The van der Waals surface area contributed by atoms with Gasteiger partial charge in [0.15, 0.2) is 0 Å². The van der Waals surface area contributed by atoms with Gasteiger partial charge in [0, 0.05) is 13.1 Å². The molecule has 2 aromatic rings. The summed E-state index contributed by atoms with van der Waals surface area (Å²) in [6.07, 6.45) is 4.09. The van der Waals surface area contributed by atoms with Crippen molar-refractivity contribution in [3.63, 3.8) is 0 Å². The first-order chi connectivity index (χ1) is 14.3. The molecule has 0 aliphatic carbocycles. The molecule has 2 heterocycles. The Balaban J connectivity index is 1.35. The minimum absolute atomic E-state index is 0.0312. The number of carbonyl (C=O) groups is 1. The number of rotatable bonds is 8. The van der Waals surface area contributed by atoms with Crippen molar-refractivity contribution in [3.05, 3.63) is 60.2 Å². The zero-order chi connectivity index (χ0) is 19.9. The lowest BCUT2D eigenvalue weighted by molar-refractivity contribution is -0.121. The fourth-order valence-electron chi connectivity index (χ4n) is 4.28. The Bertz CT molecular complexity index is 790. The van der Waals surface area contributed by atoms with E-state index in [0.29, 0.717) is 13.0 Å². The van der Waals surface area contributed by atoms with Crippen molar-refractivity contribution >= 4 is 11.6 Å². The van der Waals surface area contributed by atoms with Crippen LogP contribution in [0, 0.1) is 0 Å². The van der Waals surface area contributed by atoms with Gasteiger partial charge in [0.2, 0.25) is 5.91 Å². The molecule has 0 unspecified atom stereocenters. The molecule has 2 aliphatic rings. The fourth-order valence-corrected chi connectivity index (χ4v) is 4.28. The molecule has 2 aromatic carbocycles. The molecule has 0 aromatic heterocycles. The Hall–Kier alpha value is -2.53. The van der Waals surface area contributed by atoms with Crippen LogP contribution >= 0.6 is 0 Å². The van der Waals surface area contributed by atoms with Gasteiger partial charge in [0.25, 0.3) is 0 Å². The zero-order valence-electron chi connectivity index (χ0n) is 17.1. The number of para-hydroxylation sites is 2. The molecule has 1 saturated heterocycles. The highest BCUT2D eigenvalue weighted by Gasteiger charge is 2.29. The van der Waals surface area contributed by atoms with Crippen LogP contribution in [0.2, 0.25) is 0 Å². The first-order valence-electron chi connectivity index (χ1n) is 10.8. The van der Waals surface area contributed by atoms with E-state index in [9.17, 15) is 4.79 Å². The Morgan fingerprint density at radius 3 is 2.62 bits per heavy atom. The number of hydrogen-bond donors (Lipinski definition) is 1. The van der Waals surface area contributed by atoms with Crippen molar-refractivity contribution in [2.24, 2.45) is 0 Å². The maximum Gasteiger partial charge on any atom is 0.222 e. The van der Waals surface area contributed by atoms with Crippen molar-refractivity contribution in [1.29, 1.82) is 0 Å². The molecule has 1 amide bonds. The third kappa shape index (κ3) is 5.30. The third-order valence-electron chi connectivity index (χ3n) is 5.84. The van der Waals surface area contributed by atoms with Crippen LogP contribution in [0.3, 0.4) is 0 Å². The van der Waals surface area contributed by atoms with Gasteiger partial charge in [-0.25, -0.2) is 0 Å². The molecule has 0 bridgehead atoms. The molecule has 4 rings (SSSR count). The Labute approximate surface area is 173 Å². The number of anilines is 1. The fraction of sp³-hybridized carbons (Fsp3) is 0.458. The van der Waals surface area contributed by atoms with Crippen molar-refractivity contribution in [3.8, 4) is 5.75 Å². The van der Waals surface area contributed by atoms with Crippen LogP contribution in [0.5, 0.6) is 5.75 Å². The van der Waals surface area contributed by atoms with Crippen LogP contribution in [0.4, 0.5) is 5.69 Å². The lowest BCUT2D eigenvalue weighted by atomic mass is 10.1. The van der Waals surface area contributed by atoms with E-state index >= 15 is 0 Å². The molecular weight excluding hydrogens is 362 g/mol. The summed E-state index contributed by atoms with van der Waals surface area (Å²) in [5.41, 5.74) is 2.30. The van der Waals surface area contributed by atoms with Gasteiger partial charge in [-0.15, -0.1) is 0 Å². The molecule has 5 heteroatoms. The van der Waals surface area contributed by atoms with Crippen molar-refractivity contribution in [1.82, 2.24) is 10.2 Å². The van der Waals surface area contributed by atoms with Gasteiger partial charge in [-0.3, -0.25) is 4.79 Å². The van der Waals surface area contributed by atoms with E-state index in [-0.39, 0.29) is 11.9 Å². The number of hydrogen-bond acceptors (Lipinski definition) is 4. The molecule has 2 aliphatic heterocycles. The van der Waals surface area contributed by atoms with Gasteiger partial charge in [0.05, 0.1) is 18.2 Å². The second-order valence-electron chi connectivity index (χ2n) is 8.00. The number of fused-ring (bicyclic) bond motifs is 1. The molecule has 1 N–H and O–H groups in total. The van der Waals surface area contributed by atoms with E-state index in [1.807, 2.05) is 24.3 Å². The van der Waals surface area contributed by atoms with Gasteiger partial charge >= 0.3 is 0 Å². The number of benzene rings is 2. The first kappa shape index (κ1) is 19.8. The van der Waals surface area contributed by atoms with Gasteiger partial charge in [0.1, 0.15) is 12.4 Å². The molecule has 29 heavy (non-hydrogen) atoms. The predicted octanol–water partition coefficient (Wildman–Crippen LogP) is 3.45. The minimum atomic E-state index is 0.0312. The second kappa shape index (κ2) is 9.79. The smallest absolute Gasteiger partial charge is 0.222 e. The summed E-state index contributed by atoms with van der Waals surface area (Å²) in [6.45, 7) is 5.56. The van der Waals surface area contributed by atoms with E-state index < -0.39 is 0 Å². The van der Waals surface area contributed by atoms with Crippen LogP contribution in [0.1, 0.15) is 31.2 Å². The topological polar surface area (TPSA) is 44.8 Å². The van der Waals surface area contributed by atoms with Crippen LogP contribution in [0.15, 0.2) is 54.6 Å².